The van der Waals surface area contributed by atoms with E-state index in [-0.39, 0.29) is 5.91 Å². The van der Waals surface area contributed by atoms with Gasteiger partial charge in [-0.25, -0.2) is 0 Å². The van der Waals surface area contributed by atoms with Crippen LogP contribution in [0.15, 0.2) is 18.2 Å². The van der Waals surface area contributed by atoms with Gasteiger partial charge in [0.25, 0.3) is 5.91 Å². The highest BCUT2D eigenvalue weighted by Gasteiger charge is 2.42. The maximum atomic E-state index is 11.4. The molecule has 13 heavy (non-hydrogen) atoms. The first-order valence-electron chi connectivity index (χ1n) is 3.51. The molecule has 2 nitrogen and oxygen atoms in total. The number of fused-ring (bicyclic) bond motifs is 1. The van der Waals surface area contributed by atoms with Gasteiger partial charge < -0.3 is 5.32 Å². The Morgan fingerprint density at radius 3 is 2.77 bits per heavy atom. The minimum atomic E-state index is -0.833. The summed E-state index contributed by atoms with van der Waals surface area (Å²) in [4.78, 5) is 11.4. The molecule has 0 aromatic heterocycles. The number of carbonyl (C=O) groups excluding carboxylic acids is 1. The fourth-order valence-corrected chi connectivity index (χ4v) is 2.23. The fourth-order valence-electron chi connectivity index (χ4n) is 1.21. The summed E-state index contributed by atoms with van der Waals surface area (Å²) in [6, 6.07) is 5.26. The Balaban J connectivity index is 2.64. The summed E-state index contributed by atoms with van der Waals surface area (Å²) in [5.74, 6) is -0.134. The van der Waals surface area contributed by atoms with Crippen molar-refractivity contribution in [1.82, 2.24) is 0 Å². The van der Waals surface area contributed by atoms with Crippen LogP contribution in [0.1, 0.15) is 5.56 Å². The quantitative estimate of drug-likeness (QED) is 0.729. The van der Waals surface area contributed by atoms with E-state index in [0.29, 0.717) is 5.02 Å². The van der Waals surface area contributed by atoms with Crippen molar-refractivity contribution in [2.24, 2.45) is 0 Å². The number of nitrogens with one attached hydrogen (secondary N) is 1. The Morgan fingerprint density at radius 1 is 1.38 bits per heavy atom. The van der Waals surface area contributed by atoms with Gasteiger partial charge in [-0.1, -0.05) is 43.5 Å². The fraction of sp³-hybridized carbons (Fsp3) is 0.125. The molecule has 0 fully saturated rings. The Kier molecular flexibility index (Phi) is 2.17. The Morgan fingerprint density at radius 2 is 2.08 bits per heavy atom. The molecule has 1 aromatic rings. The lowest BCUT2D eigenvalue weighted by Gasteiger charge is -2.09. The second-order valence-electron chi connectivity index (χ2n) is 2.72. The number of halogens is 3. The van der Waals surface area contributed by atoms with Crippen molar-refractivity contribution in [3.05, 3.63) is 28.8 Å². The predicted octanol–water partition coefficient (Wildman–Crippen LogP) is 3.23. The maximum Gasteiger partial charge on any atom is 0.256 e. The number of hydrogen-bond acceptors (Lipinski definition) is 1. The van der Waals surface area contributed by atoms with Crippen molar-refractivity contribution in [3.8, 4) is 0 Å². The molecular weight excluding hydrogens is 321 g/mol. The lowest BCUT2D eigenvalue weighted by Crippen LogP contribution is -2.20. The minimum absolute atomic E-state index is 0.134. The van der Waals surface area contributed by atoms with E-state index in [1.54, 1.807) is 18.2 Å². The van der Waals surface area contributed by atoms with Crippen molar-refractivity contribution in [2.45, 2.75) is 3.23 Å². The molecule has 0 unspecified atom stereocenters. The molecule has 1 N–H and O–H groups in total. The largest absolute Gasteiger partial charge is 0.323 e. The van der Waals surface area contributed by atoms with Crippen molar-refractivity contribution in [3.63, 3.8) is 0 Å². The van der Waals surface area contributed by atoms with E-state index >= 15 is 0 Å². The number of rotatable bonds is 0. The van der Waals surface area contributed by atoms with Gasteiger partial charge in [-0.05, 0) is 18.2 Å². The third-order valence-corrected chi connectivity index (χ3v) is 3.66. The van der Waals surface area contributed by atoms with E-state index in [2.05, 4.69) is 37.2 Å². The maximum absolute atomic E-state index is 11.4. The van der Waals surface area contributed by atoms with E-state index in [0.717, 1.165) is 11.3 Å². The molecule has 1 heterocycles. The highest BCUT2D eigenvalue weighted by atomic mass is 79.9. The van der Waals surface area contributed by atoms with Crippen molar-refractivity contribution in [2.75, 3.05) is 5.32 Å². The van der Waals surface area contributed by atoms with Crippen LogP contribution >= 0.6 is 43.5 Å². The smallest absolute Gasteiger partial charge is 0.256 e. The van der Waals surface area contributed by atoms with E-state index in [9.17, 15) is 4.79 Å². The van der Waals surface area contributed by atoms with Gasteiger partial charge >= 0.3 is 0 Å². The molecule has 2 rings (SSSR count). The highest BCUT2D eigenvalue weighted by molar-refractivity contribution is 9.25. The SMILES string of the molecule is O=C1Nc2ccc(Cl)cc2C1(Br)Br. The van der Waals surface area contributed by atoms with Gasteiger partial charge in [0.05, 0.1) is 0 Å². The van der Waals surface area contributed by atoms with E-state index in [4.69, 9.17) is 11.6 Å². The van der Waals surface area contributed by atoms with E-state index in [1.165, 1.54) is 0 Å². The van der Waals surface area contributed by atoms with Crippen LogP contribution in [0.2, 0.25) is 5.02 Å². The second kappa shape index (κ2) is 2.97. The average molecular weight is 325 g/mol. The molecule has 0 spiro atoms. The molecule has 0 saturated heterocycles. The molecule has 1 aliphatic rings. The number of carbonyl (C=O) groups is 1. The molecule has 1 aromatic carbocycles. The lowest BCUT2D eigenvalue weighted by atomic mass is 10.2. The first-order valence-corrected chi connectivity index (χ1v) is 5.47. The highest BCUT2D eigenvalue weighted by Crippen LogP contribution is 2.47. The number of anilines is 1. The van der Waals surface area contributed by atoms with Gasteiger partial charge in [-0.3, -0.25) is 4.79 Å². The number of hydrogen-bond donors (Lipinski definition) is 1. The molecular formula is C8H4Br2ClNO. The normalized spacial score (nSPS) is 18.2. The Bertz CT molecular complexity index is 392. The zero-order chi connectivity index (χ0) is 9.64. The van der Waals surface area contributed by atoms with Crippen LogP contribution in [0.5, 0.6) is 0 Å². The third-order valence-electron chi connectivity index (χ3n) is 1.85. The predicted molar refractivity (Wildman–Crippen MR) is 59.6 cm³/mol. The summed E-state index contributed by atoms with van der Waals surface area (Å²) in [7, 11) is 0. The molecule has 68 valence electrons. The molecule has 0 radical (unpaired) electrons. The number of benzene rings is 1. The lowest BCUT2D eigenvalue weighted by molar-refractivity contribution is -0.115. The summed E-state index contributed by atoms with van der Waals surface area (Å²) in [6.07, 6.45) is 0. The summed E-state index contributed by atoms with van der Waals surface area (Å²) < 4.78 is -0.833. The molecule has 0 atom stereocenters. The summed E-state index contributed by atoms with van der Waals surface area (Å²) >= 11 is 12.4. The summed E-state index contributed by atoms with van der Waals surface area (Å²) in [5.41, 5.74) is 1.59. The van der Waals surface area contributed by atoms with E-state index in [1.807, 2.05) is 0 Å². The Hall–Kier alpha value is -0.0600. The third kappa shape index (κ3) is 1.41. The Labute approximate surface area is 96.9 Å². The number of amides is 1. The summed E-state index contributed by atoms with van der Waals surface area (Å²) in [6.45, 7) is 0. The van der Waals surface area contributed by atoms with Gasteiger partial charge in [0.2, 0.25) is 0 Å². The van der Waals surface area contributed by atoms with Gasteiger partial charge in [-0.2, -0.15) is 0 Å². The monoisotopic (exact) mass is 323 g/mol. The van der Waals surface area contributed by atoms with Gasteiger partial charge in [-0.15, -0.1) is 0 Å². The zero-order valence-electron chi connectivity index (χ0n) is 6.27. The summed E-state index contributed by atoms with van der Waals surface area (Å²) in [5, 5.41) is 3.33. The van der Waals surface area contributed by atoms with Gasteiger partial charge in [0.15, 0.2) is 3.23 Å². The molecule has 1 amide bonds. The van der Waals surface area contributed by atoms with Crippen LogP contribution in [0.3, 0.4) is 0 Å². The molecule has 1 aliphatic heterocycles. The van der Waals surface area contributed by atoms with Crippen LogP contribution in [-0.2, 0) is 8.03 Å². The molecule has 0 aliphatic carbocycles. The first kappa shape index (κ1) is 9.49. The topological polar surface area (TPSA) is 29.1 Å². The standard InChI is InChI=1S/C8H4Br2ClNO/c9-8(10)5-3-4(11)1-2-6(5)12-7(8)13/h1-3H,(H,12,13). The minimum Gasteiger partial charge on any atom is -0.323 e. The molecule has 0 saturated carbocycles. The second-order valence-corrected chi connectivity index (χ2v) is 6.60. The van der Waals surface area contributed by atoms with Crippen LogP contribution < -0.4 is 5.32 Å². The molecule has 5 heteroatoms. The van der Waals surface area contributed by atoms with Crippen LogP contribution in [0.4, 0.5) is 5.69 Å². The first-order chi connectivity index (χ1) is 6.01. The van der Waals surface area contributed by atoms with Crippen molar-refractivity contribution in [1.29, 1.82) is 0 Å². The van der Waals surface area contributed by atoms with Crippen LogP contribution in [-0.4, -0.2) is 5.91 Å². The van der Waals surface area contributed by atoms with Crippen LogP contribution in [0.25, 0.3) is 0 Å². The van der Waals surface area contributed by atoms with Crippen molar-refractivity contribution >= 4 is 55.1 Å². The van der Waals surface area contributed by atoms with E-state index < -0.39 is 3.23 Å². The zero-order valence-corrected chi connectivity index (χ0v) is 10.2. The molecule has 0 bridgehead atoms. The van der Waals surface area contributed by atoms with Crippen LogP contribution in [0, 0.1) is 0 Å². The van der Waals surface area contributed by atoms with Gasteiger partial charge in [0.1, 0.15) is 0 Å². The van der Waals surface area contributed by atoms with Crippen molar-refractivity contribution < 1.29 is 4.79 Å². The van der Waals surface area contributed by atoms with Gasteiger partial charge in [0, 0.05) is 16.3 Å². The average Bonchev–Trinajstić information content (AvgIpc) is 2.27. The number of alkyl halides is 2.